The fourth-order valence-electron chi connectivity index (χ4n) is 2.67. The first-order chi connectivity index (χ1) is 15.8. The number of benzene rings is 3. The maximum Gasteiger partial charge on any atom is 0.343 e. The molecule has 3 rings (SSSR count). The first kappa shape index (κ1) is 28.5. The number of methoxy groups -OCH3 is 1. The van der Waals surface area contributed by atoms with Crippen LogP contribution in [0, 0.1) is 23.3 Å². The summed E-state index contributed by atoms with van der Waals surface area (Å²) in [5, 5.41) is 2.18. The Hall–Kier alpha value is -3.53. The van der Waals surface area contributed by atoms with Gasteiger partial charge in [0.2, 0.25) is 17.4 Å². The number of ether oxygens (including phenoxy) is 2. The van der Waals surface area contributed by atoms with E-state index in [-0.39, 0.29) is 31.4 Å². The van der Waals surface area contributed by atoms with Crippen molar-refractivity contribution in [2.45, 2.75) is 20.4 Å². The molecule has 0 saturated carbocycles. The zero-order valence-electron chi connectivity index (χ0n) is 18.5. The highest BCUT2D eigenvalue weighted by molar-refractivity contribution is 7.59. The number of halogens is 4. The third-order valence-corrected chi connectivity index (χ3v) is 4.25. The normalized spacial score (nSPS) is 9.74. The Morgan fingerprint density at radius 2 is 1.44 bits per heavy atom. The lowest BCUT2D eigenvalue weighted by atomic mass is 10.1. The van der Waals surface area contributed by atoms with Gasteiger partial charge in [-0.2, -0.15) is 22.3 Å². The molecule has 1 amide bonds. The van der Waals surface area contributed by atoms with Crippen molar-refractivity contribution in [1.82, 2.24) is 5.32 Å². The summed E-state index contributed by atoms with van der Waals surface area (Å²) < 4.78 is 67.0. The minimum atomic E-state index is -2.01. The summed E-state index contributed by atoms with van der Waals surface area (Å²) in [5.41, 5.74) is -1.04. The van der Waals surface area contributed by atoms with Crippen LogP contribution in [0.5, 0.6) is 11.5 Å². The van der Waals surface area contributed by atoms with Gasteiger partial charge < -0.3 is 14.8 Å². The van der Waals surface area contributed by atoms with Crippen LogP contribution in [-0.4, -0.2) is 19.0 Å². The van der Waals surface area contributed by atoms with Gasteiger partial charge in [-0.05, 0) is 23.8 Å². The van der Waals surface area contributed by atoms with Gasteiger partial charge in [0.1, 0.15) is 11.3 Å². The van der Waals surface area contributed by atoms with Gasteiger partial charge in [-0.1, -0.05) is 50.2 Å². The lowest BCUT2D eigenvalue weighted by Gasteiger charge is -2.12. The first-order valence-corrected chi connectivity index (χ1v) is 9.87. The van der Waals surface area contributed by atoms with Crippen LogP contribution in [0.2, 0.25) is 0 Å². The van der Waals surface area contributed by atoms with Crippen LogP contribution in [-0.2, 0) is 6.54 Å². The van der Waals surface area contributed by atoms with Crippen LogP contribution in [0.25, 0.3) is 0 Å². The fraction of sp³-hybridized carbons (Fsp3) is 0.167. The summed E-state index contributed by atoms with van der Waals surface area (Å²) in [6.07, 6.45) is 0. The van der Waals surface area contributed by atoms with Crippen molar-refractivity contribution in [1.29, 1.82) is 0 Å². The molecule has 0 atom stereocenters. The van der Waals surface area contributed by atoms with Crippen molar-refractivity contribution >= 4 is 25.4 Å². The second-order valence-electron chi connectivity index (χ2n) is 6.25. The van der Waals surface area contributed by atoms with E-state index in [0.29, 0.717) is 5.56 Å². The fourth-order valence-corrected chi connectivity index (χ4v) is 2.67. The second kappa shape index (κ2) is 13.2. The SMILES string of the molecule is CC.COc1cccc(C(=O)Oc2c(F)c(F)c(C(=O)NCc3ccccc3)c(F)c2F)c1.S. The Morgan fingerprint density at radius 3 is 2.00 bits per heavy atom. The monoisotopic (exact) mass is 497 g/mol. The maximum atomic E-state index is 14.4. The predicted octanol–water partition coefficient (Wildman–Crippen LogP) is 5.54. The molecule has 34 heavy (non-hydrogen) atoms. The summed E-state index contributed by atoms with van der Waals surface area (Å²) in [6, 6.07) is 13.7. The highest BCUT2D eigenvalue weighted by Crippen LogP contribution is 2.31. The van der Waals surface area contributed by atoms with Crippen LogP contribution in [0.1, 0.15) is 40.1 Å². The van der Waals surface area contributed by atoms with Crippen molar-refractivity contribution in [3.8, 4) is 11.5 Å². The summed E-state index contributed by atoms with van der Waals surface area (Å²) >= 11 is 0. The number of hydrogen-bond acceptors (Lipinski definition) is 4. The summed E-state index contributed by atoms with van der Waals surface area (Å²) in [6.45, 7) is 3.87. The Morgan fingerprint density at radius 1 is 0.853 bits per heavy atom. The molecule has 3 aromatic carbocycles. The molecule has 0 bridgehead atoms. The van der Waals surface area contributed by atoms with Gasteiger partial charge in [-0.15, -0.1) is 0 Å². The molecule has 0 saturated heterocycles. The van der Waals surface area contributed by atoms with Crippen LogP contribution in [0.4, 0.5) is 17.6 Å². The molecule has 10 heteroatoms. The summed E-state index contributed by atoms with van der Waals surface area (Å²) in [4.78, 5) is 24.3. The van der Waals surface area contributed by atoms with E-state index in [2.05, 4.69) is 10.1 Å². The number of carbonyl (C=O) groups is 2. The van der Waals surface area contributed by atoms with Crippen molar-refractivity contribution < 1.29 is 36.6 Å². The molecule has 0 aromatic heterocycles. The Kier molecular flexibility index (Phi) is 11.1. The molecule has 0 unspecified atom stereocenters. The zero-order chi connectivity index (χ0) is 24.5. The quantitative estimate of drug-likeness (QED) is 0.210. The minimum absolute atomic E-state index is 0. The molecule has 0 fully saturated rings. The van der Waals surface area contributed by atoms with E-state index in [1.54, 1.807) is 30.3 Å². The van der Waals surface area contributed by atoms with Crippen molar-refractivity contribution in [2.24, 2.45) is 0 Å². The molecule has 0 aliphatic carbocycles. The van der Waals surface area contributed by atoms with Gasteiger partial charge >= 0.3 is 5.97 Å². The van der Waals surface area contributed by atoms with E-state index in [0.717, 1.165) is 0 Å². The Bertz CT molecular complexity index is 1110. The minimum Gasteiger partial charge on any atom is -0.497 e. The lowest BCUT2D eigenvalue weighted by Crippen LogP contribution is -2.26. The zero-order valence-corrected chi connectivity index (χ0v) is 19.5. The number of nitrogens with one attached hydrogen (secondary N) is 1. The first-order valence-electron chi connectivity index (χ1n) is 9.87. The topological polar surface area (TPSA) is 64.6 Å². The average Bonchev–Trinajstić information content (AvgIpc) is 2.86. The average molecular weight is 498 g/mol. The van der Waals surface area contributed by atoms with Gasteiger partial charge in [-0.3, -0.25) is 4.79 Å². The predicted molar refractivity (Wildman–Crippen MR) is 124 cm³/mol. The number of rotatable bonds is 6. The smallest absolute Gasteiger partial charge is 0.343 e. The van der Waals surface area contributed by atoms with Crippen molar-refractivity contribution in [3.05, 3.63) is 94.6 Å². The molecule has 0 heterocycles. The van der Waals surface area contributed by atoms with E-state index < -0.39 is 46.5 Å². The van der Waals surface area contributed by atoms with E-state index in [1.807, 2.05) is 13.8 Å². The van der Waals surface area contributed by atoms with Gasteiger partial charge in [0, 0.05) is 6.54 Å². The molecule has 182 valence electrons. The highest BCUT2D eigenvalue weighted by atomic mass is 32.1. The molecule has 5 nitrogen and oxygen atoms in total. The molecule has 0 aliphatic heterocycles. The Labute approximate surface area is 201 Å². The van der Waals surface area contributed by atoms with Crippen LogP contribution >= 0.6 is 13.5 Å². The van der Waals surface area contributed by atoms with Gasteiger partial charge in [0.25, 0.3) is 5.91 Å². The third kappa shape index (κ3) is 6.50. The Balaban J connectivity index is 0.00000188. The van der Waals surface area contributed by atoms with Crippen molar-refractivity contribution in [3.63, 3.8) is 0 Å². The van der Waals surface area contributed by atoms with E-state index in [9.17, 15) is 27.2 Å². The van der Waals surface area contributed by atoms with Crippen LogP contribution in [0.3, 0.4) is 0 Å². The van der Waals surface area contributed by atoms with E-state index in [4.69, 9.17) is 4.74 Å². The van der Waals surface area contributed by atoms with Crippen LogP contribution < -0.4 is 14.8 Å². The number of esters is 1. The third-order valence-electron chi connectivity index (χ3n) is 4.25. The lowest BCUT2D eigenvalue weighted by molar-refractivity contribution is 0.0716. The summed E-state index contributed by atoms with van der Waals surface area (Å²) in [7, 11) is 1.33. The van der Waals surface area contributed by atoms with E-state index >= 15 is 0 Å². The number of carbonyl (C=O) groups excluding carboxylic acids is 2. The van der Waals surface area contributed by atoms with E-state index in [1.165, 1.54) is 31.4 Å². The largest absolute Gasteiger partial charge is 0.497 e. The summed E-state index contributed by atoms with van der Waals surface area (Å²) in [5.74, 6) is -12.0. The van der Waals surface area contributed by atoms with Crippen LogP contribution in [0.15, 0.2) is 54.6 Å². The number of amides is 1. The molecule has 0 radical (unpaired) electrons. The molecule has 3 aromatic rings. The molecule has 1 N–H and O–H groups in total. The molecule has 0 aliphatic rings. The maximum absolute atomic E-state index is 14.4. The molecule has 0 spiro atoms. The van der Waals surface area contributed by atoms with Gasteiger partial charge in [-0.25, -0.2) is 13.6 Å². The van der Waals surface area contributed by atoms with Gasteiger partial charge in [0.15, 0.2) is 11.6 Å². The molecular formula is C24H23F4NO4S. The highest BCUT2D eigenvalue weighted by Gasteiger charge is 2.31. The number of hydrogen-bond donors (Lipinski definition) is 1. The van der Waals surface area contributed by atoms with Crippen molar-refractivity contribution in [2.75, 3.05) is 7.11 Å². The molecular weight excluding hydrogens is 474 g/mol. The van der Waals surface area contributed by atoms with Gasteiger partial charge in [0.05, 0.1) is 12.7 Å². The standard InChI is InChI=1S/C22H15F4NO4.C2H6.H2S/c1-30-14-9-5-8-13(10-14)22(29)31-20-18(25)16(23)15(17(24)19(20)26)21(28)27-11-12-6-3-2-4-7-12;1-2;/h2-10H,11H2,1H3,(H,27,28);1-2H3;1H2. The second-order valence-corrected chi connectivity index (χ2v) is 6.25.